The molecule has 39 heavy (non-hydrogen) atoms. The molecule has 0 heterocycles. The lowest BCUT2D eigenvalue weighted by molar-refractivity contribution is 0.315. The lowest BCUT2D eigenvalue weighted by atomic mass is 9.54. The summed E-state index contributed by atoms with van der Waals surface area (Å²) in [6.07, 6.45) is 2.05. The number of alkyl halides is 1. The maximum absolute atomic E-state index is 14.1. The Kier molecular flexibility index (Phi) is 8.91. The molecule has 2 radical (unpaired) electrons. The van der Waals surface area contributed by atoms with Gasteiger partial charge in [0.25, 0.3) is 0 Å². The first-order chi connectivity index (χ1) is 18.1. The normalized spacial score (nSPS) is 16.4. The van der Waals surface area contributed by atoms with Gasteiger partial charge in [-0.2, -0.15) is 0 Å². The molecule has 0 N–H and O–H groups in total. The number of benzene rings is 3. The Hall–Kier alpha value is -3.64. The Morgan fingerprint density at radius 1 is 0.538 bits per heavy atom. The first-order valence-corrected chi connectivity index (χ1v) is 10.4. The molecule has 0 fully saturated rings. The second kappa shape index (κ2) is 11.6. The molecule has 15 heteroatoms. The van der Waals surface area contributed by atoms with E-state index in [1.54, 1.807) is 0 Å². The van der Waals surface area contributed by atoms with Crippen molar-refractivity contribution in [2.75, 3.05) is 0 Å². The molecule has 202 valence electrons. The van der Waals surface area contributed by atoms with Crippen LogP contribution in [0.1, 0.15) is 6.42 Å². The zero-order valence-corrected chi connectivity index (χ0v) is 18.8. The molecule has 4 rings (SSSR count). The third-order valence-electron chi connectivity index (χ3n) is 5.10. The molecule has 0 amide bonds. The largest absolute Gasteiger partial charge is 0.249 e. The first kappa shape index (κ1) is 29.9. The van der Waals surface area contributed by atoms with E-state index < -0.39 is 98.2 Å². The predicted octanol–water partition coefficient (Wildman–Crippen LogP) is 5.37. The van der Waals surface area contributed by atoms with Crippen molar-refractivity contribution in [2.45, 2.75) is 12.0 Å². The highest BCUT2D eigenvalue weighted by molar-refractivity contribution is 6.67. The van der Waals surface area contributed by atoms with Gasteiger partial charge < -0.3 is 0 Å². The van der Waals surface area contributed by atoms with Gasteiger partial charge in [-0.1, -0.05) is 12.2 Å². The first-order valence-electron chi connectivity index (χ1n) is 10.4. The lowest BCUT2D eigenvalue weighted by Crippen LogP contribution is -2.41. The molecule has 0 aliphatic heterocycles. The summed E-state index contributed by atoms with van der Waals surface area (Å²) in [6.45, 7) is 0. The Labute approximate surface area is 212 Å². The van der Waals surface area contributed by atoms with Crippen LogP contribution in [-0.4, -0.2) is 20.1 Å². The molecule has 0 saturated carbocycles. The fourth-order valence-electron chi connectivity index (χ4n) is 3.30. The van der Waals surface area contributed by atoms with Crippen LogP contribution in [0, 0.1) is 64.0 Å². The van der Waals surface area contributed by atoms with Gasteiger partial charge in [-0.15, -0.1) is 0 Å². The average molecular weight is 566 g/mol. The number of hydrogen-bond donors (Lipinski definition) is 0. The SMILES string of the molecule is FC1=CC=CC(F)([B]c2c(F)c(F)cc(F)c2F)C1.Fc1cc(F)c([B]c2c(F)c(F)cc(F)c2F)c(F)c1. The number of hydrogen-bond acceptors (Lipinski definition) is 0. The van der Waals surface area contributed by atoms with Crippen LogP contribution in [0.3, 0.4) is 0 Å². The van der Waals surface area contributed by atoms with Crippen LogP contribution in [0.5, 0.6) is 0 Å². The van der Waals surface area contributed by atoms with E-state index in [-0.39, 0.29) is 31.5 Å². The summed E-state index contributed by atoms with van der Waals surface area (Å²) >= 11 is 0. The quantitative estimate of drug-likeness (QED) is 0.227. The molecule has 1 unspecified atom stereocenters. The second-order valence-corrected chi connectivity index (χ2v) is 7.91. The average Bonchev–Trinajstić information content (AvgIpc) is 2.83. The van der Waals surface area contributed by atoms with Crippen molar-refractivity contribution < 1.29 is 57.1 Å². The van der Waals surface area contributed by atoms with Crippen LogP contribution in [0.2, 0.25) is 0 Å². The van der Waals surface area contributed by atoms with E-state index in [0.29, 0.717) is 7.28 Å². The zero-order chi connectivity index (χ0) is 29.2. The standard InChI is InChI=1S/C12H3BF7.C12H6BF6/c14-4-1-5(15)9(6(16)2-4)13-10-11(19)7(17)3-8(18)12(10)20;14-6-2-1-3-12(19,5-6)13-9-10(17)7(15)4-8(16)11(9)18/h1-3H;1-4H,5H2. The fourth-order valence-corrected chi connectivity index (χ4v) is 3.30. The van der Waals surface area contributed by atoms with E-state index in [2.05, 4.69) is 0 Å². The van der Waals surface area contributed by atoms with Crippen LogP contribution < -0.4 is 16.4 Å². The van der Waals surface area contributed by atoms with E-state index in [0.717, 1.165) is 18.2 Å². The van der Waals surface area contributed by atoms with Gasteiger partial charge in [0.1, 0.15) is 28.8 Å². The van der Waals surface area contributed by atoms with Crippen molar-refractivity contribution in [3.8, 4) is 0 Å². The predicted molar refractivity (Wildman–Crippen MR) is 116 cm³/mol. The van der Waals surface area contributed by atoms with Crippen LogP contribution in [0.25, 0.3) is 0 Å². The van der Waals surface area contributed by atoms with Gasteiger partial charge in [0, 0.05) is 30.7 Å². The highest BCUT2D eigenvalue weighted by atomic mass is 19.2. The zero-order valence-electron chi connectivity index (χ0n) is 18.8. The molecule has 1 aliphatic rings. The monoisotopic (exact) mass is 566 g/mol. The summed E-state index contributed by atoms with van der Waals surface area (Å²) in [5.41, 5.74) is -6.05. The summed E-state index contributed by atoms with van der Waals surface area (Å²) in [5, 5.41) is 0. The smallest absolute Gasteiger partial charge is 0.215 e. The molecule has 1 atom stereocenters. The van der Waals surface area contributed by atoms with Crippen LogP contribution in [-0.2, 0) is 0 Å². The summed E-state index contributed by atoms with van der Waals surface area (Å²) < 4.78 is 172. The topological polar surface area (TPSA) is 0 Å². The van der Waals surface area contributed by atoms with Gasteiger partial charge in [-0.05, 0) is 22.5 Å². The van der Waals surface area contributed by atoms with Crippen LogP contribution >= 0.6 is 0 Å². The van der Waals surface area contributed by atoms with E-state index in [4.69, 9.17) is 0 Å². The van der Waals surface area contributed by atoms with Crippen LogP contribution in [0.4, 0.5) is 57.1 Å². The van der Waals surface area contributed by atoms with Crippen molar-refractivity contribution in [1.82, 2.24) is 0 Å². The highest BCUT2D eigenvalue weighted by Crippen LogP contribution is 2.27. The molecule has 0 bridgehead atoms. The third-order valence-corrected chi connectivity index (χ3v) is 5.10. The van der Waals surface area contributed by atoms with Gasteiger partial charge in [0.15, 0.2) is 46.5 Å². The minimum Gasteiger partial charge on any atom is -0.249 e. The number of allylic oxidation sites excluding steroid dienone is 4. The molecule has 1 aliphatic carbocycles. The summed E-state index contributed by atoms with van der Waals surface area (Å²) in [4.78, 5) is 0. The Bertz CT molecular complexity index is 1410. The van der Waals surface area contributed by atoms with Gasteiger partial charge >= 0.3 is 0 Å². The minimum absolute atomic E-state index is 0.0180. The molecular weight excluding hydrogens is 557 g/mol. The van der Waals surface area contributed by atoms with Gasteiger partial charge in [-0.3, -0.25) is 0 Å². The minimum atomic E-state index is -2.54. The maximum atomic E-state index is 14.1. The van der Waals surface area contributed by atoms with Crippen molar-refractivity contribution in [3.05, 3.63) is 112 Å². The molecular formula is C24H9B2F13. The van der Waals surface area contributed by atoms with E-state index >= 15 is 0 Å². The Morgan fingerprint density at radius 2 is 0.974 bits per heavy atom. The lowest BCUT2D eigenvalue weighted by Gasteiger charge is -2.22. The Balaban J connectivity index is 0.000000216. The van der Waals surface area contributed by atoms with Gasteiger partial charge in [0.05, 0.1) is 0 Å². The van der Waals surface area contributed by atoms with E-state index in [1.165, 1.54) is 0 Å². The van der Waals surface area contributed by atoms with Crippen LogP contribution in [0.15, 0.2) is 48.3 Å². The molecule has 0 saturated heterocycles. The molecule has 0 nitrogen and oxygen atoms in total. The molecule has 0 spiro atoms. The van der Waals surface area contributed by atoms with Crippen molar-refractivity contribution >= 4 is 30.9 Å². The van der Waals surface area contributed by atoms with E-state index in [1.807, 2.05) is 0 Å². The molecule has 0 aromatic heterocycles. The maximum Gasteiger partial charge on any atom is 0.215 e. The molecule has 3 aromatic carbocycles. The Morgan fingerprint density at radius 3 is 1.41 bits per heavy atom. The highest BCUT2D eigenvalue weighted by Gasteiger charge is 2.35. The summed E-state index contributed by atoms with van der Waals surface area (Å²) in [6, 6.07) is 0.504. The third kappa shape index (κ3) is 6.69. The number of halogens is 13. The number of rotatable bonds is 4. The molecule has 3 aromatic rings. The summed E-state index contributed by atoms with van der Waals surface area (Å²) in [5.74, 6) is -18.8. The van der Waals surface area contributed by atoms with E-state index in [9.17, 15) is 57.1 Å². The van der Waals surface area contributed by atoms with Crippen molar-refractivity contribution in [1.29, 1.82) is 0 Å². The van der Waals surface area contributed by atoms with Gasteiger partial charge in [-0.25, -0.2) is 57.1 Å². The summed E-state index contributed by atoms with van der Waals surface area (Å²) in [7, 11) is 0.549. The van der Waals surface area contributed by atoms with Crippen molar-refractivity contribution in [2.24, 2.45) is 0 Å². The van der Waals surface area contributed by atoms with Gasteiger partial charge in [0.2, 0.25) is 14.6 Å². The fraction of sp³-hybridized carbons (Fsp3) is 0.0833. The van der Waals surface area contributed by atoms with Crippen molar-refractivity contribution in [3.63, 3.8) is 0 Å². The second-order valence-electron chi connectivity index (χ2n) is 7.91.